The third-order valence-corrected chi connectivity index (χ3v) is 7.52. The Hall–Kier alpha value is -1.75. The summed E-state index contributed by atoms with van der Waals surface area (Å²) in [5.41, 5.74) is 3.63. The van der Waals surface area contributed by atoms with Crippen LogP contribution in [0.3, 0.4) is 0 Å². The number of fused-ring (bicyclic) bond motifs is 3. The number of aryl methyl sites for hydroxylation is 1. The quantitative estimate of drug-likeness (QED) is 0.851. The molecule has 1 aliphatic heterocycles. The lowest BCUT2D eigenvalue weighted by molar-refractivity contribution is 0.0933. The van der Waals surface area contributed by atoms with Crippen molar-refractivity contribution < 1.29 is 4.79 Å². The first-order valence-corrected chi connectivity index (χ1v) is 10.1. The van der Waals surface area contributed by atoms with E-state index in [9.17, 15) is 4.79 Å². The maximum atomic E-state index is 12.8. The molecule has 2 N–H and O–H groups in total. The zero-order chi connectivity index (χ0) is 17.8. The number of thiophene rings is 1. The standard InChI is InChI=1S/C20H27N3OS/c1-5-20(2,3)12-8-9-13-15(11-12)25-19-16(13)18(24)21-17(22-19)14-7-6-10-23(14)4/h6-7,10,12,17,22H,5,8-9,11H2,1-4H3,(H,21,24)/t12-,17+/m1/s1. The highest BCUT2D eigenvalue weighted by atomic mass is 32.1. The van der Waals surface area contributed by atoms with E-state index in [4.69, 9.17) is 0 Å². The molecule has 0 bridgehead atoms. The molecule has 0 aromatic carbocycles. The molecule has 25 heavy (non-hydrogen) atoms. The van der Waals surface area contributed by atoms with Crippen molar-refractivity contribution >= 4 is 22.2 Å². The number of carbonyl (C=O) groups is 1. The first kappa shape index (κ1) is 16.7. The van der Waals surface area contributed by atoms with Crippen LogP contribution in [-0.2, 0) is 19.9 Å². The van der Waals surface area contributed by atoms with Gasteiger partial charge >= 0.3 is 0 Å². The molecule has 2 atom stereocenters. The minimum atomic E-state index is -0.150. The summed E-state index contributed by atoms with van der Waals surface area (Å²) in [6.45, 7) is 7.05. The van der Waals surface area contributed by atoms with Crippen molar-refractivity contribution in [3.63, 3.8) is 0 Å². The topological polar surface area (TPSA) is 46.1 Å². The Labute approximate surface area is 153 Å². The lowest BCUT2D eigenvalue weighted by Gasteiger charge is -2.36. The summed E-state index contributed by atoms with van der Waals surface area (Å²) in [5, 5.41) is 7.75. The lowest BCUT2D eigenvalue weighted by atomic mass is 9.69. The minimum Gasteiger partial charge on any atom is -0.351 e. The minimum absolute atomic E-state index is 0.0747. The third-order valence-electron chi connectivity index (χ3n) is 6.34. The van der Waals surface area contributed by atoms with E-state index in [1.807, 2.05) is 19.3 Å². The molecule has 134 valence electrons. The molecule has 1 aliphatic carbocycles. The summed E-state index contributed by atoms with van der Waals surface area (Å²) in [5.74, 6) is 0.780. The zero-order valence-corrected chi connectivity index (χ0v) is 16.3. The van der Waals surface area contributed by atoms with Gasteiger partial charge in [-0.1, -0.05) is 27.2 Å². The molecule has 0 saturated heterocycles. The number of hydrogen-bond donors (Lipinski definition) is 2. The molecule has 3 heterocycles. The molecule has 0 spiro atoms. The molecule has 0 unspecified atom stereocenters. The number of nitrogens with one attached hydrogen (secondary N) is 2. The van der Waals surface area contributed by atoms with Crippen LogP contribution in [0.2, 0.25) is 0 Å². The second-order valence-corrected chi connectivity index (χ2v) is 9.19. The number of amides is 1. The predicted octanol–water partition coefficient (Wildman–Crippen LogP) is 4.48. The first-order chi connectivity index (χ1) is 11.9. The molecule has 1 amide bonds. The van der Waals surface area contributed by atoms with Crippen LogP contribution in [0.5, 0.6) is 0 Å². The van der Waals surface area contributed by atoms with Gasteiger partial charge in [0.15, 0.2) is 0 Å². The number of aromatic nitrogens is 1. The Bertz CT molecular complexity index is 817. The third kappa shape index (κ3) is 2.69. The van der Waals surface area contributed by atoms with Gasteiger partial charge in [-0.25, -0.2) is 0 Å². The van der Waals surface area contributed by atoms with Crippen molar-refractivity contribution in [3.8, 4) is 0 Å². The fourth-order valence-electron chi connectivity index (χ4n) is 4.18. The molecular formula is C20H27N3OS. The Morgan fingerprint density at radius 3 is 2.84 bits per heavy atom. The molecular weight excluding hydrogens is 330 g/mol. The average molecular weight is 358 g/mol. The number of hydrogen-bond acceptors (Lipinski definition) is 3. The van der Waals surface area contributed by atoms with Gasteiger partial charge in [-0.05, 0) is 48.3 Å². The van der Waals surface area contributed by atoms with Gasteiger partial charge < -0.3 is 15.2 Å². The fraction of sp³-hybridized carbons (Fsp3) is 0.550. The van der Waals surface area contributed by atoms with Crippen molar-refractivity contribution in [1.29, 1.82) is 0 Å². The molecule has 0 fully saturated rings. The van der Waals surface area contributed by atoms with Gasteiger partial charge in [-0.3, -0.25) is 4.79 Å². The van der Waals surface area contributed by atoms with Crippen LogP contribution in [0.4, 0.5) is 5.00 Å². The Kier molecular flexibility index (Phi) is 3.95. The number of carbonyl (C=O) groups excluding carboxylic acids is 1. The fourth-order valence-corrected chi connectivity index (χ4v) is 5.53. The molecule has 0 saturated carbocycles. The summed E-state index contributed by atoms with van der Waals surface area (Å²) in [6.07, 6.45) is 6.38. The van der Waals surface area contributed by atoms with E-state index in [1.54, 1.807) is 11.3 Å². The highest BCUT2D eigenvalue weighted by molar-refractivity contribution is 7.16. The Morgan fingerprint density at radius 1 is 1.36 bits per heavy atom. The molecule has 4 rings (SSSR count). The van der Waals surface area contributed by atoms with Gasteiger partial charge in [-0.2, -0.15) is 0 Å². The van der Waals surface area contributed by atoms with Gasteiger partial charge in [0.1, 0.15) is 11.2 Å². The lowest BCUT2D eigenvalue weighted by Crippen LogP contribution is -2.39. The van der Waals surface area contributed by atoms with Gasteiger partial charge in [0.2, 0.25) is 0 Å². The Balaban J connectivity index is 1.65. The normalized spacial score (nSPS) is 22.8. The van der Waals surface area contributed by atoms with Crippen LogP contribution < -0.4 is 10.6 Å². The number of nitrogens with zero attached hydrogens (tertiary/aromatic N) is 1. The molecule has 2 aliphatic rings. The zero-order valence-electron chi connectivity index (χ0n) is 15.5. The van der Waals surface area contributed by atoms with Gasteiger partial charge in [0.25, 0.3) is 5.91 Å². The molecule has 0 radical (unpaired) electrons. The van der Waals surface area contributed by atoms with Crippen molar-refractivity contribution in [3.05, 3.63) is 40.0 Å². The van der Waals surface area contributed by atoms with Crippen LogP contribution >= 0.6 is 11.3 Å². The number of rotatable bonds is 3. The maximum Gasteiger partial charge on any atom is 0.256 e. The summed E-state index contributed by atoms with van der Waals surface area (Å²) in [6, 6.07) is 4.06. The average Bonchev–Trinajstić information content (AvgIpc) is 3.17. The summed E-state index contributed by atoms with van der Waals surface area (Å²) in [4.78, 5) is 14.2. The van der Waals surface area contributed by atoms with Crippen LogP contribution in [0.15, 0.2) is 18.3 Å². The highest BCUT2D eigenvalue weighted by Gasteiger charge is 2.37. The SMILES string of the molecule is CCC(C)(C)[C@@H]1CCc2c(sc3c2C(=O)N[C@H](c2cccn2C)N3)C1. The van der Waals surface area contributed by atoms with Crippen LogP contribution in [0.1, 0.15) is 66.3 Å². The van der Waals surface area contributed by atoms with E-state index in [0.29, 0.717) is 11.3 Å². The maximum absolute atomic E-state index is 12.8. The monoisotopic (exact) mass is 357 g/mol. The van der Waals surface area contributed by atoms with Crippen molar-refractivity contribution in [2.75, 3.05) is 5.32 Å². The van der Waals surface area contributed by atoms with E-state index in [2.05, 4.69) is 42.0 Å². The summed E-state index contributed by atoms with van der Waals surface area (Å²) < 4.78 is 2.05. The largest absolute Gasteiger partial charge is 0.351 e. The molecule has 2 aromatic heterocycles. The van der Waals surface area contributed by atoms with Gasteiger partial charge in [-0.15, -0.1) is 11.3 Å². The van der Waals surface area contributed by atoms with Gasteiger partial charge in [0.05, 0.1) is 11.3 Å². The second kappa shape index (κ2) is 5.90. The van der Waals surface area contributed by atoms with E-state index < -0.39 is 0 Å². The summed E-state index contributed by atoms with van der Waals surface area (Å²) >= 11 is 1.80. The van der Waals surface area contributed by atoms with Crippen molar-refractivity contribution in [1.82, 2.24) is 9.88 Å². The second-order valence-electron chi connectivity index (χ2n) is 8.08. The van der Waals surface area contributed by atoms with Crippen LogP contribution in [0.25, 0.3) is 0 Å². The number of anilines is 1. The van der Waals surface area contributed by atoms with E-state index in [0.717, 1.165) is 29.1 Å². The Morgan fingerprint density at radius 2 is 2.16 bits per heavy atom. The molecule has 4 nitrogen and oxygen atoms in total. The molecule has 5 heteroatoms. The van der Waals surface area contributed by atoms with E-state index in [1.165, 1.54) is 23.3 Å². The summed E-state index contributed by atoms with van der Waals surface area (Å²) in [7, 11) is 2.01. The van der Waals surface area contributed by atoms with Crippen LogP contribution in [-0.4, -0.2) is 10.5 Å². The highest BCUT2D eigenvalue weighted by Crippen LogP contribution is 2.46. The molecule has 2 aromatic rings. The van der Waals surface area contributed by atoms with Crippen molar-refractivity contribution in [2.24, 2.45) is 18.4 Å². The smallest absolute Gasteiger partial charge is 0.256 e. The predicted molar refractivity (Wildman–Crippen MR) is 103 cm³/mol. The van der Waals surface area contributed by atoms with E-state index >= 15 is 0 Å². The van der Waals surface area contributed by atoms with E-state index in [-0.39, 0.29) is 12.1 Å². The van der Waals surface area contributed by atoms with Crippen molar-refractivity contribution in [2.45, 2.75) is 52.6 Å². The van der Waals surface area contributed by atoms with Crippen LogP contribution in [0, 0.1) is 11.3 Å². The first-order valence-electron chi connectivity index (χ1n) is 9.24. The van der Waals surface area contributed by atoms with Gasteiger partial charge in [0, 0.05) is 18.1 Å².